The van der Waals surface area contributed by atoms with E-state index in [0.717, 1.165) is 21.1 Å². The Kier molecular flexibility index (Phi) is 4.64. The highest BCUT2D eigenvalue weighted by atomic mass is 35.5. The molecule has 0 radical (unpaired) electrons. The van der Waals surface area contributed by atoms with Gasteiger partial charge in [-0.2, -0.15) is 0 Å². The summed E-state index contributed by atoms with van der Waals surface area (Å²) in [5.41, 5.74) is 1.56. The minimum atomic E-state index is 0.463. The highest BCUT2D eigenvalue weighted by Crippen LogP contribution is 2.33. The summed E-state index contributed by atoms with van der Waals surface area (Å²) >= 11 is 15.3. The van der Waals surface area contributed by atoms with Crippen molar-refractivity contribution in [1.82, 2.24) is 9.97 Å². The average molecular weight is 319 g/mol. The summed E-state index contributed by atoms with van der Waals surface area (Å²) in [5.74, 6) is 0. The van der Waals surface area contributed by atoms with Gasteiger partial charge in [0.15, 0.2) is 0 Å². The normalized spacial score (nSPS) is 11.4. The molecule has 0 fully saturated rings. The zero-order valence-corrected chi connectivity index (χ0v) is 13.3. The lowest BCUT2D eigenvalue weighted by molar-refractivity contribution is 0.959. The fourth-order valence-corrected chi connectivity index (χ4v) is 3.32. The minimum Gasteiger partial charge on any atom is -0.237 e. The zero-order chi connectivity index (χ0) is 13.3. The first-order valence-electron chi connectivity index (χ1n) is 5.38. The summed E-state index contributed by atoms with van der Waals surface area (Å²) in [7, 11) is 0. The first-order valence-corrected chi connectivity index (χ1v) is 8.24. The molecule has 0 atom stereocenters. The molecule has 6 heteroatoms. The van der Waals surface area contributed by atoms with Gasteiger partial charge in [0.05, 0.1) is 21.1 Å². The van der Waals surface area contributed by atoms with Gasteiger partial charge in [-0.15, -0.1) is 23.5 Å². The first-order chi connectivity index (χ1) is 8.51. The van der Waals surface area contributed by atoms with Gasteiger partial charge in [0, 0.05) is 5.25 Å². The quantitative estimate of drug-likeness (QED) is 0.730. The smallest absolute Gasteiger partial charge is 0.129 e. The van der Waals surface area contributed by atoms with Crippen molar-refractivity contribution in [3.05, 3.63) is 22.2 Å². The van der Waals surface area contributed by atoms with Crippen molar-refractivity contribution in [2.75, 3.05) is 6.26 Å². The van der Waals surface area contributed by atoms with E-state index in [2.05, 4.69) is 23.8 Å². The van der Waals surface area contributed by atoms with Crippen molar-refractivity contribution in [3.63, 3.8) is 0 Å². The Morgan fingerprint density at radius 2 is 1.50 bits per heavy atom. The maximum Gasteiger partial charge on any atom is 0.129 e. The summed E-state index contributed by atoms with van der Waals surface area (Å²) in [5, 5.41) is 3.36. The first kappa shape index (κ1) is 14.3. The Morgan fingerprint density at radius 1 is 1.00 bits per heavy atom. The van der Waals surface area contributed by atoms with Crippen LogP contribution in [0.3, 0.4) is 0 Å². The molecule has 1 aromatic carbocycles. The largest absolute Gasteiger partial charge is 0.237 e. The molecule has 0 bridgehead atoms. The molecule has 0 saturated carbocycles. The summed E-state index contributed by atoms with van der Waals surface area (Å²) in [6, 6.07) is 3.52. The van der Waals surface area contributed by atoms with Gasteiger partial charge in [-0.3, -0.25) is 0 Å². The van der Waals surface area contributed by atoms with Crippen LogP contribution in [0.2, 0.25) is 10.0 Å². The van der Waals surface area contributed by atoms with E-state index in [1.165, 1.54) is 0 Å². The lowest BCUT2D eigenvalue weighted by Gasteiger charge is -2.09. The van der Waals surface area contributed by atoms with Crippen molar-refractivity contribution in [2.45, 2.75) is 29.1 Å². The molecular weight excluding hydrogens is 307 g/mol. The molecule has 0 saturated heterocycles. The van der Waals surface area contributed by atoms with Crippen LogP contribution in [0.25, 0.3) is 11.0 Å². The number of thioether (sulfide) groups is 2. The predicted octanol–water partition coefficient (Wildman–Crippen LogP) is 5.16. The number of rotatable bonds is 3. The topological polar surface area (TPSA) is 25.8 Å². The van der Waals surface area contributed by atoms with Crippen LogP contribution in [0, 0.1) is 0 Å². The molecule has 18 heavy (non-hydrogen) atoms. The Morgan fingerprint density at radius 3 is 1.94 bits per heavy atom. The molecule has 1 heterocycles. The standard InChI is InChI=1S/C12H12Cl2N2S2/c1-6(2)18-12-11(17-3)15-9-4-7(13)8(14)5-10(9)16-12/h4-6H,1-3H3. The molecule has 0 aliphatic heterocycles. The average Bonchev–Trinajstić information content (AvgIpc) is 2.30. The van der Waals surface area contributed by atoms with E-state index in [1.54, 1.807) is 35.7 Å². The summed E-state index contributed by atoms with van der Waals surface area (Å²) in [6.45, 7) is 4.27. The minimum absolute atomic E-state index is 0.463. The molecule has 0 amide bonds. The zero-order valence-electron chi connectivity index (χ0n) is 10.2. The van der Waals surface area contributed by atoms with Crippen molar-refractivity contribution in [3.8, 4) is 0 Å². The third-order valence-corrected chi connectivity index (χ3v) is 4.69. The number of hydrogen-bond donors (Lipinski definition) is 0. The molecule has 0 N–H and O–H groups in total. The lowest BCUT2D eigenvalue weighted by atomic mass is 10.3. The van der Waals surface area contributed by atoms with Crippen LogP contribution in [0.4, 0.5) is 0 Å². The van der Waals surface area contributed by atoms with Crippen LogP contribution >= 0.6 is 46.7 Å². The fraction of sp³-hybridized carbons (Fsp3) is 0.333. The van der Waals surface area contributed by atoms with Gasteiger partial charge in [0.1, 0.15) is 10.1 Å². The molecule has 0 aliphatic rings. The Balaban J connectivity index is 2.61. The second-order valence-corrected chi connectivity index (χ2v) is 7.13. The van der Waals surface area contributed by atoms with E-state index >= 15 is 0 Å². The van der Waals surface area contributed by atoms with Gasteiger partial charge in [0.2, 0.25) is 0 Å². The molecule has 0 aliphatic carbocycles. The van der Waals surface area contributed by atoms with Crippen LogP contribution in [-0.2, 0) is 0 Å². The number of nitrogens with zero attached hydrogens (tertiary/aromatic N) is 2. The third-order valence-electron chi connectivity index (χ3n) is 2.19. The van der Waals surface area contributed by atoms with E-state index < -0.39 is 0 Å². The maximum absolute atomic E-state index is 6.01. The lowest BCUT2D eigenvalue weighted by Crippen LogP contribution is -1.95. The van der Waals surface area contributed by atoms with Crippen LogP contribution < -0.4 is 0 Å². The Labute approximate surface area is 125 Å². The highest BCUT2D eigenvalue weighted by molar-refractivity contribution is 8.02. The molecule has 2 aromatic rings. The number of aromatic nitrogens is 2. The molecule has 1 aromatic heterocycles. The predicted molar refractivity (Wildman–Crippen MR) is 82.3 cm³/mol. The van der Waals surface area contributed by atoms with Gasteiger partial charge < -0.3 is 0 Å². The van der Waals surface area contributed by atoms with E-state index in [-0.39, 0.29) is 0 Å². The number of hydrogen-bond acceptors (Lipinski definition) is 4. The highest BCUT2D eigenvalue weighted by Gasteiger charge is 2.12. The summed E-state index contributed by atoms with van der Waals surface area (Å²) in [4.78, 5) is 9.21. The van der Waals surface area contributed by atoms with Crippen LogP contribution in [0.1, 0.15) is 13.8 Å². The summed E-state index contributed by atoms with van der Waals surface area (Å²) in [6.07, 6.45) is 2.00. The second-order valence-electron chi connectivity index (χ2n) is 3.96. The van der Waals surface area contributed by atoms with Gasteiger partial charge in [-0.1, -0.05) is 37.0 Å². The van der Waals surface area contributed by atoms with Crippen molar-refractivity contribution >= 4 is 57.8 Å². The fourth-order valence-electron chi connectivity index (χ4n) is 1.45. The SMILES string of the molecule is CSc1nc2cc(Cl)c(Cl)cc2nc1SC(C)C. The van der Waals surface area contributed by atoms with E-state index in [9.17, 15) is 0 Å². The number of halogens is 2. The van der Waals surface area contributed by atoms with Crippen LogP contribution in [-0.4, -0.2) is 21.5 Å². The van der Waals surface area contributed by atoms with Crippen LogP contribution in [0.5, 0.6) is 0 Å². The second kappa shape index (κ2) is 5.87. The van der Waals surface area contributed by atoms with Gasteiger partial charge in [-0.05, 0) is 18.4 Å². The van der Waals surface area contributed by atoms with Gasteiger partial charge in [-0.25, -0.2) is 9.97 Å². The Hall–Kier alpha value is -0.160. The molecular formula is C12H12Cl2N2S2. The monoisotopic (exact) mass is 318 g/mol. The Bertz CT molecular complexity index is 588. The molecule has 2 rings (SSSR count). The van der Waals surface area contributed by atoms with Gasteiger partial charge in [0.25, 0.3) is 0 Å². The van der Waals surface area contributed by atoms with Crippen molar-refractivity contribution < 1.29 is 0 Å². The van der Waals surface area contributed by atoms with E-state index in [4.69, 9.17) is 23.2 Å². The van der Waals surface area contributed by atoms with Gasteiger partial charge >= 0.3 is 0 Å². The van der Waals surface area contributed by atoms with E-state index in [1.807, 2.05) is 6.26 Å². The molecule has 2 nitrogen and oxygen atoms in total. The number of fused-ring (bicyclic) bond motifs is 1. The third kappa shape index (κ3) is 3.05. The van der Waals surface area contributed by atoms with Crippen molar-refractivity contribution in [1.29, 1.82) is 0 Å². The van der Waals surface area contributed by atoms with Crippen LogP contribution in [0.15, 0.2) is 22.2 Å². The van der Waals surface area contributed by atoms with E-state index in [0.29, 0.717) is 15.3 Å². The van der Waals surface area contributed by atoms with Crippen molar-refractivity contribution in [2.24, 2.45) is 0 Å². The molecule has 0 spiro atoms. The molecule has 96 valence electrons. The maximum atomic E-state index is 6.01. The number of benzene rings is 1. The summed E-state index contributed by atoms with van der Waals surface area (Å²) < 4.78 is 0. The molecule has 0 unspecified atom stereocenters.